The van der Waals surface area contributed by atoms with Gasteiger partial charge in [-0.1, -0.05) is 5.16 Å². The van der Waals surface area contributed by atoms with E-state index in [1.807, 2.05) is 0 Å². The first kappa shape index (κ1) is 23.8. The van der Waals surface area contributed by atoms with E-state index in [9.17, 15) is 28.0 Å². The van der Waals surface area contributed by atoms with Gasteiger partial charge in [-0.2, -0.15) is 0 Å². The first-order chi connectivity index (χ1) is 16.7. The zero-order valence-corrected chi connectivity index (χ0v) is 18.1. The number of rotatable bonds is 6. The number of esters is 1. The molecule has 1 fully saturated rings. The summed E-state index contributed by atoms with van der Waals surface area (Å²) < 4.78 is 42.0. The average Bonchev–Trinajstić information content (AvgIpc) is 3.26. The van der Waals surface area contributed by atoms with E-state index < -0.39 is 47.4 Å². The van der Waals surface area contributed by atoms with Crippen LogP contribution in [-0.2, 0) is 23.9 Å². The van der Waals surface area contributed by atoms with Crippen LogP contribution in [0.25, 0.3) is 11.4 Å². The molecule has 0 aliphatic carbocycles. The van der Waals surface area contributed by atoms with Crippen molar-refractivity contribution in [3.05, 3.63) is 64.6 Å². The maximum atomic E-state index is 13.7. The molecule has 2 heterocycles. The SMILES string of the molecule is CC(=O)O[C@@H](C(=O)Nc1ccc(-c2noc(=O)[nH]2)cc1)[C@H]1OCCN(c2ccc(F)c(F)c2)C1=O. The molecule has 0 bridgehead atoms. The normalized spacial score (nSPS) is 16.6. The molecule has 0 saturated carbocycles. The van der Waals surface area contributed by atoms with Crippen LogP contribution in [0.5, 0.6) is 0 Å². The molecule has 0 unspecified atom stereocenters. The number of aromatic nitrogens is 2. The monoisotopic (exact) mass is 488 g/mol. The first-order valence-electron chi connectivity index (χ1n) is 10.3. The number of carbonyl (C=O) groups excluding carboxylic acids is 3. The Bertz CT molecular complexity index is 1320. The number of anilines is 2. The summed E-state index contributed by atoms with van der Waals surface area (Å²) in [7, 11) is 0. The summed E-state index contributed by atoms with van der Waals surface area (Å²) in [6, 6.07) is 8.99. The standard InChI is InChI=1S/C22H18F2N4O7/c1-11(29)34-17(18-21(31)28(8-9-33-18)14-6-7-15(23)16(24)10-14)20(30)25-13-4-2-12(3-5-13)19-26-22(32)35-27-19/h2-7,10,17-18H,8-9H2,1H3,(H,25,30)(H,26,27,32)/t17-,18-/m1/s1. The number of H-pyrrole nitrogens is 1. The highest BCUT2D eigenvalue weighted by molar-refractivity contribution is 6.04. The van der Waals surface area contributed by atoms with Crippen LogP contribution in [0.1, 0.15) is 6.92 Å². The van der Waals surface area contributed by atoms with Crippen LogP contribution in [0, 0.1) is 11.6 Å². The fourth-order valence-electron chi connectivity index (χ4n) is 3.44. The highest BCUT2D eigenvalue weighted by Gasteiger charge is 2.42. The smallest absolute Gasteiger partial charge is 0.439 e. The van der Waals surface area contributed by atoms with Crippen molar-refractivity contribution in [2.24, 2.45) is 0 Å². The third-order valence-electron chi connectivity index (χ3n) is 5.03. The second-order valence-electron chi connectivity index (χ2n) is 7.42. The van der Waals surface area contributed by atoms with Crippen LogP contribution in [0.3, 0.4) is 0 Å². The van der Waals surface area contributed by atoms with Crippen molar-refractivity contribution >= 4 is 29.2 Å². The maximum Gasteiger partial charge on any atom is 0.439 e. The van der Waals surface area contributed by atoms with E-state index in [0.29, 0.717) is 5.56 Å². The van der Waals surface area contributed by atoms with Crippen molar-refractivity contribution in [3.8, 4) is 11.4 Å². The number of carbonyl (C=O) groups is 3. The Kier molecular flexibility index (Phi) is 6.68. The molecule has 11 nitrogen and oxygen atoms in total. The van der Waals surface area contributed by atoms with E-state index in [2.05, 4.69) is 20.0 Å². The lowest BCUT2D eigenvalue weighted by atomic mass is 10.1. The molecule has 13 heteroatoms. The number of nitrogens with zero attached hydrogens (tertiary/aromatic N) is 2. The Morgan fingerprint density at radius 2 is 1.91 bits per heavy atom. The Morgan fingerprint density at radius 1 is 1.17 bits per heavy atom. The molecule has 4 rings (SSSR count). The van der Waals surface area contributed by atoms with Crippen molar-refractivity contribution in [3.63, 3.8) is 0 Å². The van der Waals surface area contributed by atoms with Gasteiger partial charge >= 0.3 is 11.7 Å². The van der Waals surface area contributed by atoms with E-state index in [4.69, 9.17) is 9.47 Å². The summed E-state index contributed by atoms with van der Waals surface area (Å²) in [5.74, 6) is -5.23. The van der Waals surface area contributed by atoms with Gasteiger partial charge in [0.15, 0.2) is 23.6 Å². The van der Waals surface area contributed by atoms with Crippen LogP contribution in [0.15, 0.2) is 51.8 Å². The van der Waals surface area contributed by atoms with Crippen molar-refractivity contribution in [1.82, 2.24) is 10.1 Å². The van der Waals surface area contributed by atoms with Gasteiger partial charge in [0.1, 0.15) is 0 Å². The summed E-state index contributed by atoms with van der Waals surface area (Å²) in [5, 5.41) is 6.09. The summed E-state index contributed by atoms with van der Waals surface area (Å²) >= 11 is 0. The Hall–Kier alpha value is -4.39. The lowest BCUT2D eigenvalue weighted by molar-refractivity contribution is -0.167. The number of amides is 2. The van der Waals surface area contributed by atoms with Gasteiger partial charge in [0.2, 0.25) is 6.10 Å². The zero-order chi connectivity index (χ0) is 25.1. The van der Waals surface area contributed by atoms with Gasteiger partial charge in [0.05, 0.1) is 6.61 Å². The average molecular weight is 488 g/mol. The second kappa shape index (κ2) is 9.85. The molecule has 1 aliphatic heterocycles. The van der Waals surface area contributed by atoms with Crippen LogP contribution >= 0.6 is 0 Å². The summed E-state index contributed by atoms with van der Waals surface area (Å²) in [5.41, 5.74) is 0.839. The van der Waals surface area contributed by atoms with Gasteiger partial charge < -0.3 is 19.7 Å². The Balaban J connectivity index is 1.53. The molecule has 2 amide bonds. The molecular weight excluding hydrogens is 470 g/mol. The highest BCUT2D eigenvalue weighted by Crippen LogP contribution is 2.24. The van der Waals surface area contributed by atoms with Crippen molar-refractivity contribution in [2.75, 3.05) is 23.4 Å². The fraction of sp³-hybridized carbons (Fsp3) is 0.227. The Labute approximate surface area is 195 Å². The molecule has 182 valence electrons. The summed E-state index contributed by atoms with van der Waals surface area (Å²) in [6.07, 6.45) is -3.19. The molecule has 2 aromatic carbocycles. The molecule has 2 N–H and O–H groups in total. The van der Waals surface area contributed by atoms with E-state index in [-0.39, 0.29) is 30.4 Å². The quantitative estimate of drug-likeness (QED) is 0.498. The van der Waals surface area contributed by atoms with Gasteiger partial charge in [-0.05, 0) is 36.4 Å². The van der Waals surface area contributed by atoms with Crippen molar-refractivity contribution in [2.45, 2.75) is 19.1 Å². The highest BCUT2D eigenvalue weighted by atomic mass is 19.2. The molecular formula is C22H18F2N4O7. The largest absolute Gasteiger partial charge is 0.449 e. The summed E-state index contributed by atoms with van der Waals surface area (Å²) in [4.78, 5) is 52.3. The van der Waals surface area contributed by atoms with Crippen LogP contribution in [0.4, 0.5) is 20.2 Å². The van der Waals surface area contributed by atoms with Crippen molar-refractivity contribution < 1.29 is 37.2 Å². The van der Waals surface area contributed by atoms with Crippen LogP contribution in [0.2, 0.25) is 0 Å². The number of benzene rings is 2. The third kappa shape index (κ3) is 5.24. The molecule has 1 aromatic heterocycles. The van der Waals surface area contributed by atoms with Crippen molar-refractivity contribution in [1.29, 1.82) is 0 Å². The van der Waals surface area contributed by atoms with Gasteiger partial charge in [0.25, 0.3) is 11.8 Å². The number of halogens is 2. The van der Waals surface area contributed by atoms with Crippen LogP contribution < -0.4 is 16.0 Å². The zero-order valence-electron chi connectivity index (χ0n) is 18.1. The van der Waals surface area contributed by atoms with E-state index in [1.54, 1.807) is 0 Å². The van der Waals surface area contributed by atoms with Crippen LogP contribution in [-0.4, -0.2) is 53.3 Å². The lowest BCUT2D eigenvalue weighted by Gasteiger charge is -2.35. The second-order valence-corrected chi connectivity index (χ2v) is 7.42. The summed E-state index contributed by atoms with van der Waals surface area (Å²) in [6.45, 7) is 1.03. The minimum Gasteiger partial charge on any atom is -0.449 e. The predicted octanol–water partition coefficient (Wildman–Crippen LogP) is 1.61. The number of hydrogen-bond acceptors (Lipinski definition) is 8. The lowest BCUT2D eigenvalue weighted by Crippen LogP contribution is -2.56. The first-order valence-corrected chi connectivity index (χ1v) is 10.3. The molecule has 1 aliphatic rings. The number of hydrogen-bond donors (Lipinski definition) is 2. The van der Waals surface area contributed by atoms with E-state index in [0.717, 1.165) is 24.0 Å². The van der Waals surface area contributed by atoms with Gasteiger partial charge in [-0.3, -0.25) is 23.9 Å². The molecule has 0 radical (unpaired) electrons. The molecule has 2 atom stereocenters. The Morgan fingerprint density at radius 3 is 2.54 bits per heavy atom. The topological polar surface area (TPSA) is 144 Å². The predicted molar refractivity (Wildman–Crippen MR) is 115 cm³/mol. The number of ether oxygens (including phenoxy) is 2. The number of morpholine rings is 1. The number of aromatic amines is 1. The minimum absolute atomic E-state index is 0.0143. The van der Waals surface area contributed by atoms with Gasteiger partial charge in [-0.25, -0.2) is 13.6 Å². The minimum atomic E-state index is -1.67. The fourth-order valence-corrected chi connectivity index (χ4v) is 3.44. The van der Waals surface area contributed by atoms with Gasteiger partial charge in [-0.15, -0.1) is 0 Å². The van der Waals surface area contributed by atoms with E-state index in [1.165, 1.54) is 30.3 Å². The molecule has 0 spiro atoms. The van der Waals surface area contributed by atoms with Gasteiger partial charge in [0, 0.05) is 36.5 Å². The molecule has 1 saturated heterocycles. The molecule has 35 heavy (non-hydrogen) atoms. The number of nitrogens with one attached hydrogen (secondary N) is 2. The molecule has 3 aromatic rings. The maximum absolute atomic E-state index is 13.7. The third-order valence-corrected chi connectivity index (χ3v) is 5.03. The van der Waals surface area contributed by atoms with E-state index >= 15 is 0 Å².